The molecule has 1 heterocycles. The van der Waals surface area contributed by atoms with Crippen LogP contribution in [0, 0.1) is 5.92 Å². The number of nitrogens with one attached hydrogen (secondary N) is 1. The van der Waals surface area contributed by atoms with Crippen LogP contribution in [-0.2, 0) is 16.0 Å². The Morgan fingerprint density at radius 1 is 1.36 bits per heavy atom. The van der Waals surface area contributed by atoms with Gasteiger partial charge >= 0.3 is 5.97 Å². The van der Waals surface area contributed by atoms with Gasteiger partial charge in [-0.3, -0.25) is 14.4 Å². The number of nitrogens with zero attached hydrogens (tertiary/aromatic N) is 1. The molecule has 6 nitrogen and oxygen atoms in total. The molecule has 0 aliphatic carbocycles. The van der Waals surface area contributed by atoms with Crippen LogP contribution in [0.5, 0.6) is 0 Å². The van der Waals surface area contributed by atoms with Gasteiger partial charge in [-0.1, -0.05) is 6.92 Å². The van der Waals surface area contributed by atoms with E-state index in [4.69, 9.17) is 5.11 Å². The number of carbonyl (C=O) groups excluding carboxylic acids is 2. The van der Waals surface area contributed by atoms with Crippen molar-refractivity contribution >= 4 is 23.5 Å². The van der Waals surface area contributed by atoms with E-state index >= 15 is 0 Å². The summed E-state index contributed by atoms with van der Waals surface area (Å²) in [6.07, 6.45) is 0.767. The Morgan fingerprint density at radius 2 is 2.09 bits per heavy atom. The lowest BCUT2D eigenvalue weighted by Gasteiger charge is -2.15. The summed E-state index contributed by atoms with van der Waals surface area (Å²) in [5.74, 6) is -1.22. The summed E-state index contributed by atoms with van der Waals surface area (Å²) < 4.78 is 0. The third kappa shape index (κ3) is 3.63. The molecule has 2 amide bonds. The van der Waals surface area contributed by atoms with Crippen molar-refractivity contribution in [2.45, 2.75) is 26.7 Å². The van der Waals surface area contributed by atoms with E-state index in [1.807, 2.05) is 0 Å². The van der Waals surface area contributed by atoms with Crippen molar-refractivity contribution in [3.8, 4) is 0 Å². The molecule has 0 saturated carbocycles. The fourth-order valence-corrected chi connectivity index (χ4v) is 2.61. The van der Waals surface area contributed by atoms with Gasteiger partial charge in [-0.05, 0) is 36.1 Å². The van der Waals surface area contributed by atoms with E-state index in [1.165, 1.54) is 6.92 Å². The highest BCUT2D eigenvalue weighted by Crippen LogP contribution is 2.28. The van der Waals surface area contributed by atoms with Crippen molar-refractivity contribution in [3.05, 3.63) is 29.3 Å². The lowest BCUT2D eigenvalue weighted by atomic mass is 10.1. The van der Waals surface area contributed by atoms with Gasteiger partial charge in [0.15, 0.2) is 0 Å². The molecule has 1 aromatic rings. The van der Waals surface area contributed by atoms with Gasteiger partial charge in [0.1, 0.15) is 0 Å². The average molecular weight is 304 g/mol. The van der Waals surface area contributed by atoms with Gasteiger partial charge in [0, 0.05) is 37.7 Å². The van der Waals surface area contributed by atoms with Crippen molar-refractivity contribution in [1.29, 1.82) is 0 Å². The summed E-state index contributed by atoms with van der Waals surface area (Å²) in [5.41, 5.74) is 2.39. The van der Waals surface area contributed by atoms with Gasteiger partial charge in [0.2, 0.25) is 5.91 Å². The topological polar surface area (TPSA) is 86.7 Å². The van der Waals surface area contributed by atoms with Gasteiger partial charge in [0.05, 0.1) is 0 Å². The van der Waals surface area contributed by atoms with Crippen molar-refractivity contribution < 1.29 is 19.5 Å². The Bertz CT molecular complexity index is 612. The molecule has 1 aliphatic heterocycles. The number of aliphatic carboxylic acids is 1. The maximum Gasteiger partial charge on any atom is 0.303 e. The molecular weight excluding hydrogens is 284 g/mol. The molecule has 118 valence electrons. The highest BCUT2D eigenvalue weighted by molar-refractivity contribution is 5.97. The van der Waals surface area contributed by atoms with E-state index in [9.17, 15) is 14.4 Å². The minimum Gasteiger partial charge on any atom is -0.481 e. The van der Waals surface area contributed by atoms with E-state index in [-0.39, 0.29) is 24.2 Å². The molecule has 1 aliphatic rings. The summed E-state index contributed by atoms with van der Waals surface area (Å²) in [5, 5.41) is 11.4. The number of anilines is 1. The average Bonchev–Trinajstić information content (AvgIpc) is 2.87. The van der Waals surface area contributed by atoms with Crippen LogP contribution < -0.4 is 10.2 Å². The lowest BCUT2D eigenvalue weighted by molar-refractivity contribution is -0.137. The molecule has 0 saturated heterocycles. The van der Waals surface area contributed by atoms with Crippen LogP contribution in [0.3, 0.4) is 0 Å². The molecule has 1 atom stereocenters. The third-order valence-corrected chi connectivity index (χ3v) is 3.75. The van der Waals surface area contributed by atoms with Crippen LogP contribution >= 0.6 is 0 Å². The van der Waals surface area contributed by atoms with Crippen LogP contribution in [0.25, 0.3) is 0 Å². The molecule has 0 bridgehead atoms. The summed E-state index contributed by atoms with van der Waals surface area (Å²) in [4.78, 5) is 35.9. The molecule has 2 rings (SSSR count). The fourth-order valence-electron chi connectivity index (χ4n) is 2.61. The zero-order valence-corrected chi connectivity index (χ0v) is 12.8. The fraction of sp³-hybridized carbons (Fsp3) is 0.438. The Hall–Kier alpha value is -2.37. The normalized spacial score (nSPS) is 14.4. The number of amides is 2. The number of hydrogen-bond donors (Lipinski definition) is 2. The number of carbonyl (C=O) groups is 3. The number of hydrogen-bond acceptors (Lipinski definition) is 3. The molecular formula is C16H20N2O4. The van der Waals surface area contributed by atoms with Crippen LogP contribution in [0.4, 0.5) is 5.69 Å². The molecule has 6 heteroatoms. The first-order valence-corrected chi connectivity index (χ1v) is 7.29. The maximum absolute atomic E-state index is 12.1. The first kappa shape index (κ1) is 16.0. The standard InChI is InChI=1S/C16H20N2O4/c1-10(7-15(20)21)9-17-16(22)13-3-4-14-12(8-13)5-6-18(14)11(2)19/h3-4,8,10H,5-7,9H2,1-2H3,(H,17,22)(H,20,21). The summed E-state index contributed by atoms with van der Waals surface area (Å²) in [7, 11) is 0. The monoisotopic (exact) mass is 304 g/mol. The predicted octanol–water partition coefficient (Wildman–Crippen LogP) is 1.44. The zero-order valence-electron chi connectivity index (χ0n) is 12.8. The van der Waals surface area contributed by atoms with Crippen LogP contribution in [-0.4, -0.2) is 36.0 Å². The molecule has 0 radical (unpaired) electrons. The summed E-state index contributed by atoms with van der Waals surface area (Å²) >= 11 is 0. The SMILES string of the molecule is CC(=O)N1CCc2cc(C(=O)NCC(C)CC(=O)O)ccc21. The number of rotatable bonds is 5. The number of carboxylic acids is 1. The van der Waals surface area contributed by atoms with Gasteiger partial charge in [0.25, 0.3) is 5.91 Å². The van der Waals surface area contributed by atoms with E-state index < -0.39 is 5.97 Å². The van der Waals surface area contributed by atoms with Crippen molar-refractivity contribution in [3.63, 3.8) is 0 Å². The number of carboxylic acid groups (broad SMARTS) is 1. The first-order chi connectivity index (χ1) is 10.4. The van der Waals surface area contributed by atoms with Gasteiger partial charge in [-0.15, -0.1) is 0 Å². The molecule has 1 unspecified atom stereocenters. The molecule has 0 spiro atoms. The van der Waals surface area contributed by atoms with Crippen molar-refractivity contribution in [2.24, 2.45) is 5.92 Å². The summed E-state index contributed by atoms with van der Waals surface area (Å²) in [6, 6.07) is 5.28. The second-order valence-electron chi connectivity index (χ2n) is 5.68. The second kappa shape index (κ2) is 6.60. The highest BCUT2D eigenvalue weighted by atomic mass is 16.4. The van der Waals surface area contributed by atoms with Crippen LogP contribution in [0.1, 0.15) is 36.2 Å². The quantitative estimate of drug-likeness (QED) is 0.861. The van der Waals surface area contributed by atoms with E-state index in [0.29, 0.717) is 18.7 Å². The third-order valence-electron chi connectivity index (χ3n) is 3.75. The van der Waals surface area contributed by atoms with E-state index in [1.54, 1.807) is 30.0 Å². The molecule has 2 N–H and O–H groups in total. The lowest BCUT2D eigenvalue weighted by Crippen LogP contribution is -2.29. The second-order valence-corrected chi connectivity index (χ2v) is 5.68. The first-order valence-electron chi connectivity index (χ1n) is 7.29. The molecule has 22 heavy (non-hydrogen) atoms. The van der Waals surface area contributed by atoms with Gasteiger partial charge in [-0.25, -0.2) is 0 Å². The van der Waals surface area contributed by atoms with E-state index in [2.05, 4.69) is 5.32 Å². The smallest absolute Gasteiger partial charge is 0.303 e. The zero-order chi connectivity index (χ0) is 16.3. The van der Waals surface area contributed by atoms with Crippen LogP contribution in [0.15, 0.2) is 18.2 Å². The number of fused-ring (bicyclic) bond motifs is 1. The molecule has 0 fully saturated rings. The number of benzene rings is 1. The minimum absolute atomic E-state index is 0.00144. The Labute approximate surface area is 129 Å². The molecule has 0 aromatic heterocycles. The van der Waals surface area contributed by atoms with Gasteiger partial charge in [-0.2, -0.15) is 0 Å². The van der Waals surface area contributed by atoms with Crippen molar-refractivity contribution in [2.75, 3.05) is 18.0 Å². The minimum atomic E-state index is -0.872. The Morgan fingerprint density at radius 3 is 2.73 bits per heavy atom. The maximum atomic E-state index is 12.1. The summed E-state index contributed by atoms with van der Waals surface area (Å²) in [6.45, 7) is 4.27. The molecule has 1 aromatic carbocycles. The Balaban J connectivity index is 2.00. The van der Waals surface area contributed by atoms with E-state index in [0.717, 1.165) is 17.7 Å². The van der Waals surface area contributed by atoms with Crippen LogP contribution in [0.2, 0.25) is 0 Å². The Kier molecular flexibility index (Phi) is 4.80. The van der Waals surface area contributed by atoms with Crippen molar-refractivity contribution in [1.82, 2.24) is 5.32 Å². The highest BCUT2D eigenvalue weighted by Gasteiger charge is 2.23. The van der Waals surface area contributed by atoms with Gasteiger partial charge < -0.3 is 15.3 Å². The predicted molar refractivity (Wildman–Crippen MR) is 81.9 cm³/mol. The largest absolute Gasteiger partial charge is 0.481 e.